The van der Waals surface area contributed by atoms with Crippen LogP contribution in [0.25, 0.3) is 0 Å². The maximum Gasteiger partial charge on any atom is 0.416 e. The maximum absolute atomic E-state index is 12.9. The summed E-state index contributed by atoms with van der Waals surface area (Å²) in [5.74, 6) is 0. The highest BCUT2D eigenvalue weighted by molar-refractivity contribution is 5.32. The smallest absolute Gasteiger partial charge is 0.382 e. The average molecular weight is 271 g/mol. The van der Waals surface area contributed by atoms with Crippen molar-refractivity contribution < 1.29 is 18.3 Å². The van der Waals surface area contributed by atoms with Gasteiger partial charge < -0.3 is 9.67 Å². The molecule has 0 aliphatic rings. The van der Waals surface area contributed by atoms with Crippen molar-refractivity contribution in [1.82, 2.24) is 14.5 Å². The van der Waals surface area contributed by atoms with Crippen molar-refractivity contribution in [3.63, 3.8) is 0 Å². The summed E-state index contributed by atoms with van der Waals surface area (Å²) in [5, 5.41) is 10.1. The number of hydrogen-bond acceptors (Lipinski definition) is 3. The number of halogens is 3. The number of aryl methyl sites for hydroxylation is 1. The van der Waals surface area contributed by atoms with Crippen LogP contribution in [-0.2, 0) is 12.7 Å². The van der Waals surface area contributed by atoms with E-state index in [4.69, 9.17) is 0 Å². The van der Waals surface area contributed by atoms with Gasteiger partial charge in [0.15, 0.2) is 0 Å². The van der Waals surface area contributed by atoms with Gasteiger partial charge in [0.2, 0.25) is 0 Å². The normalized spacial score (nSPS) is 13.5. The van der Waals surface area contributed by atoms with E-state index in [2.05, 4.69) is 9.97 Å². The van der Waals surface area contributed by atoms with E-state index in [1.165, 1.54) is 12.5 Å². The molecule has 0 aliphatic heterocycles. The third-order valence-electron chi connectivity index (χ3n) is 2.82. The van der Waals surface area contributed by atoms with Gasteiger partial charge in [0, 0.05) is 24.5 Å². The topological polar surface area (TPSA) is 50.9 Å². The molecule has 1 unspecified atom stereocenters. The zero-order valence-corrected chi connectivity index (χ0v) is 10.1. The Balaban J connectivity index is 2.48. The molecule has 102 valence electrons. The van der Waals surface area contributed by atoms with E-state index in [0.29, 0.717) is 12.2 Å². The minimum atomic E-state index is -4.53. The molecule has 7 heteroatoms. The molecule has 0 amide bonds. The van der Waals surface area contributed by atoms with Gasteiger partial charge in [-0.3, -0.25) is 4.98 Å². The second kappa shape index (κ2) is 5.00. The van der Waals surface area contributed by atoms with Gasteiger partial charge >= 0.3 is 6.18 Å². The van der Waals surface area contributed by atoms with Crippen LogP contribution in [0.3, 0.4) is 0 Å². The van der Waals surface area contributed by atoms with Crippen LogP contribution >= 0.6 is 0 Å². The van der Waals surface area contributed by atoms with Crippen LogP contribution in [0.5, 0.6) is 0 Å². The van der Waals surface area contributed by atoms with Crippen molar-refractivity contribution in [2.75, 3.05) is 0 Å². The quantitative estimate of drug-likeness (QED) is 0.932. The van der Waals surface area contributed by atoms with Gasteiger partial charge in [-0.15, -0.1) is 0 Å². The lowest BCUT2D eigenvalue weighted by Crippen LogP contribution is -2.15. The van der Waals surface area contributed by atoms with Crippen LogP contribution in [-0.4, -0.2) is 19.6 Å². The molecule has 0 saturated carbocycles. The molecular weight excluding hydrogens is 259 g/mol. The highest BCUT2D eigenvalue weighted by Gasteiger charge is 2.35. The van der Waals surface area contributed by atoms with E-state index in [0.717, 1.165) is 18.5 Å². The van der Waals surface area contributed by atoms with Crippen LogP contribution in [0.1, 0.15) is 29.8 Å². The number of rotatable bonds is 3. The minimum Gasteiger partial charge on any atom is -0.382 e. The lowest BCUT2D eigenvalue weighted by atomic mass is 10.0. The standard InChI is InChI=1S/C12H12F3N3O/c1-2-18-7-17-6-10(18)11(19)8-5-16-4-3-9(8)12(13,14)15/h3-7,11,19H,2H2,1H3. The zero-order chi connectivity index (χ0) is 14.0. The summed E-state index contributed by atoms with van der Waals surface area (Å²) in [7, 11) is 0. The van der Waals surface area contributed by atoms with Crippen LogP contribution in [0.2, 0.25) is 0 Å². The summed E-state index contributed by atoms with van der Waals surface area (Å²) in [6.45, 7) is 2.32. The van der Waals surface area contributed by atoms with Gasteiger partial charge in [0.1, 0.15) is 6.10 Å². The molecule has 0 spiro atoms. The van der Waals surface area contributed by atoms with E-state index in [-0.39, 0.29) is 5.56 Å². The molecule has 0 saturated heterocycles. The van der Waals surface area contributed by atoms with Gasteiger partial charge in [-0.25, -0.2) is 4.98 Å². The molecule has 0 radical (unpaired) electrons. The summed E-state index contributed by atoms with van der Waals surface area (Å²) < 4.78 is 40.2. The number of aliphatic hydroxyl groups excluding tert-OH is 1. The molecular formula is C12H12F3N3O. The summed E-state index contributed by atoms with van der Waals surface area (Å²) in [6.07, 6.45) is -1.05. The Morgan fingerprint density at radius 3 is 2.68 bits per heavy atom. The lowest BCUT2D eigenvalue weighted by Gasteiger charge is -2.17. The highest BCUT2D eigenvalue weighted by atomic mass is 19.4. The molecule has 1 N–H and O–H groups in total. The van der Waals surface area contributed by atoms with Crippen LogP contribution < -0.4 is 0 Å². The third-order valence-corrected chi connectivity index (χ3v) is 2.82. The number of alkyl halides is 3. The Bertz CT molecular complexity index is 565. The van der Waals surface area contributed by atoms with Gasteiger partial charge in [0.05, 0.1) is 23.8 Å². The molecule has 19 heavy (non-hydrogen) atoms. The van der Waals surface area contributed by atoms with Crippen molar-refractivity contribution in [2.45, 2.75) is 25.7 Å². The Kier molecular flexibility index (Phi) is 3.57. The zero-order valence-electron chi connectivity index (χ0n) is 10.1. The summed E-state index contributed by atoms with van der Waals surface area (Å²) in [4.78, 5) is 7.49. The first kappa shape index (κ1) is 13.5. The number of aliphatic hydroxyl groups is 1. The number of nitrogens with zero attached hydrogens (tertiary/aromatic N) is 3. The number of imidazole rings is 1. The molecule has 4 nitrogen and oxygen atoms in total. The van der Waals surface area contributed by atoms with Gasteiger partial charge in [-0.2, -0.15) is 13.2 Å². The fourth-order valence-electron chi connectivity index (χ4n) is 1.86. The molecule has 0 aliphatic carbocycles. The Labute approximate surface area is 107 Å². The Morgan fingerprint density at radius 1 is 1.32 bits per heavy atom. The molecule has 2 aromatic heterocycles. The molecule has 2 rings (SSSR count). The molecule has 0 fully saturated rings. The van der Waals surface area contributed by atoms with Crippen molar-refractivity contribution >= 4 is 0 Å². The lowest BCUT2D eigenvalue weighted by molar-refractivity contribution is -0.139. The van der Waals surface area contributed by atoms with Gasteiger partial charge in [0.25, 0.3) is 0 Å². The van der Waals surface area contributed by atoms with Crippen molar-refractivity contribution in [1.29, 1.82) is 0 Å². The average Bonchev–Trinajstić information content (AvgIpc) is 2.85. The van der Waals surface area contributed by atoms with Crippen LogP contribution in [0.4, 0.5) is 13.2 Å². The first-order valence-corrected chi connectivity index (χ1v) is 5.64. The molecule has 0 aromatic carbocycles. The monoisotopic (exact) mass is 271 g/mol. The van der Waals surface area contributed by atoms with Crippen molar-refractivity contribution in [3.05, 3.63) is 47.8 Å². The van der Waals surface area contributed by atoms with E-state index in [9.17, 15) is 18.3 Å². The van der Waals surface area contributed by atoms with E-state index in [1.807, 2.05) is 6.92 Å². The predicted octanol–water partition coefficient (Wildman–Crippen LogP) is 2.40. The van der Waals surface area contributed by atoms with E-state index >= 15 is 0 Å². The second-order valence-electron chi connectivity index (χ2n) is 3.97. The SMILES string of the molecule is CCn1cncc1C(O)c1cnccc1C(F)(F)F. The molecule has 2 heterocycles. The fourth-order valence-corrected chi connectivity index (χ4v) is 1.86. The molecule has 1 atom stereocenters. The number of pyridine rings is 1. The minimum absolute atomic E-state index is 0.273. The third kappa shape index (κ3) is 2.60. The largest absolute Gasteiger partial charge is 0.416 e. The van der Waals surface area contributed by atoms with E-state index < -0.39 is 17.8 Å². The van der Waals surface area contributed by atoms with Crippen LogP contribution in [0, 0.1) is 0 Å². The number of hydrogen-bond donors (Lipinski definition) is 1. The van der Waals surface area contributed by atoms with Crippen LogP contribution in [0.15, 0.2) is 31.0 Å². The Hall–Kier alpha value is -1.89. The molecule has 2 aromatic rings. The Morgan fingerprint density at radius 2 is 2.05 bits per heavy atom. The van der Waals surface area contributed by atoms with Crippen molar-refractivity contribution in [2.24, 2.45) is 0 Å². The first-order chi connectivity index (χ1) is 8.95. The summed E-state index contributed by atoms with van der Waals surface area (Å²) in [6, 6.07) is 0.852. The highest BCUT2D eigenvalue weighted by Crippen LogP contribution is 2.35. The maximum atomic E-state index is 12.9. The number of aromatic nitrogens is 3. The second-order valence-corrected chi connectivity index (χ2v) is 3.97. The predicted molar refractivity (Wildman–Crippen MR) is 61.2 cm³/mol. The van der Waals surface area contributed by atoms with Gasteiger partial charge in [-0.1, -0.05) is 0 Å². The van der Waals surface area contributed by atoms with Gasteiger partial charge in [-0.05, 0) is 13.0 Å². The summed E-state index contributed by atoms with van der Waals surface area (Å²) in [5.41, 5.74) is -0.856. The van der Waals surface area contributed by atoms with Crippen molar-refractivity contribution in [3.8, 4) is 0 Å². The van der Waals surface area contributed by atoms with E-state index in [1.54, 1.807) is 4.57 Å². The fraction of sp³-hybridized carbons (Fsp3) is 0.333. The molecule has 0 bridgehead atoms. The summed E-state index contributed by atoms with van der Waals surface area (Å²) >= 11 is 0. The first-order valence-electron chi connectivity index (χ1n) is 5.64.